The summed E-state index contributed by atoms with van der Waals surface area (Å²) in [6.07, 6.45) is 0. The van der Waals surface area contributed by atoms with E-state index < -0.39 is 0 Å². The summed E-state index contributed by atoms with van der Waals surface area (Å²) in [4.78, 5) is 12.1. The van der Waals surface area contributed by atoms with E-state index in [9.17, 15) is 4.79 Å². The van der Waals surface area contributed by atoms with E-state index in [-0.39, 0.29) is 35.3 Å². The average molecular weight is 219 g/mol. The van der Waals surface area contributed by atoms with E-state index in [1.807, 2.05) is 61.5 Å². The molecule has 0 saturated carbocycles. The first-order chi connectivity index (χ1) is 7.29. The molecule has 16 heavy (non-hydrogen) atoms. The fraction of sp³-hybridized carbons (Fsp3) is 0.0714. The molecule has 74 valence electrons. The molecule has 0 aliphatic carbocycles. The Kier molecular flexibility index (Phi) is 4.94. The molecule has 0 aromatic heterocycles. The summed E-state index contributed by atoms with van der Waals surface area (Å²) >= 11 is 0. The van der Waals surface area contributed by atoms with Gasteiger partial charge in [0.15, 0.2) is 5.78 Å². The molecule has 0 amide bonds. The maximum absolute atomic E-state index is 12.1. The zero-order valence-electron chi connectivity index (χ0n) is 9.60. The van der Waals surface area contributed by atoms with Gasteiger partial charge in [-0.1, -0.05) is 54.6 Å². The fourth-order valence-electron chi connectivity index (χ4n) is 1.57. The SMILES string of the molecule is Cc1ccccc1C(=O)c1ccccc1.[Na+]. The van der Waals surface area contributed by atoms with Crippen LogP contribution < -0.4 is 29.6 Å². The molecule has 0 unspecified atom stereocenters. The Balaban J connectivity index is 0.00000128. The zero-order valence-corrected chi connectivity index (χ0v) is 11.6. The van der Waals surface area contributed by atoms with Gasteiger partial charge in [-0.15, -0.1) is 0 Å². The maximum Gasteiger partial charge on any atom is 1.00 e. The Morgan fingerprint density at radius 2 is 1.44 bits per heavy atom. The molecular weight excluding hydrogens is 207 g/mol. The van der Waals surface area contributed by atoms with Crippen molar-refractivity contribution < 1.29 is 34.4 Å². The molecule has 2 aromatic rings. The molecule has 0 aliphatic heterocycles. The van der Waals surface area contributed by atoms with Crippen molar-refractivity contribution >= 4 is 5.78 Å². The van der Waals surface area contributed by atoms with Gasteiger partial charge >= 0.3 is 29.6 Å². The standard InChI is InChI=1S/C14H12O.Na/c1-11-7-5-6-10-13(11)14(15)12-8-3-2-4-9-12;/h2-10H,1H3;/q;+1. The third-order valence-electron chi connectivity index (χ3n) is 2.43. The number of hydrogen-bond donors (Lipinski definition) is 0. The molecular formula is C14H12NaO+. The average Bonchev–Trinajstić information content (AvgIpc) is 2.30. The predicted octanol–water partition coefficient (Wildman–Crippen LogP) is 0.230. The quantitative estimate of drug-likeness (QED) is 0.522. The molecule has 2 heteroatoms. The first-order valence-corrected chi connectivity index (χ1v) is 4.94. The number of carbonyl (C=O) groups is 1. The van der Waals surface area contributed by atoms with Gasteiger partial charge < -0.3 is 0 Å². The van der Waals surface area contributed by atoms with Crippen molar-refractivity contribution in [1.82, 2.24) is 0 Å². The van der Waals surface area contributed by atoms with Crippen LogP contribution in [0.25, 0.3) is 0 Å². The summed E-state index contributed by atoms with van der Waals surface area (Å²) in [6, 6.07) is 17.0. The summed E-state index contributed by atoms with van der Waals surface area (Å²) < 4.78 is 0. The van der Waals surface area contributed by atoms with Crippen LogP contribution in [-0.4, -0.2) is 5.78 Å². The van der Waals surface area contributed by atoms with Crippen LogP contribution in [0.3, 0.4) is 0 Å². The van der Waals surface area contributed by atoms with Crippen molar-refractivity contribution in [1.29, 1.82) is 0 Å². The second-order valence-corrected chi connectivity index (χ2v) is 3.51. The van der Waals surface area contributed by atoms with E-state index in [4.69, 9.17) is 0 Å². The van der Waals surface area contributed by atoms with Crippen LogP contribution in [0.4, 0.5) is 0 Å². The molecule has 1 nitrogen and oxygen atoms in total. The summed E-state index contributed by atoms with van der Waals surface area (Å²) in [6.45, 7) is 1.95. The Morgan fingerprint density at radius 1 is 0.875 bits per heavy atom. The molecule has 0 radical (unpaired) electrons. The minimum atomic E-state index is 0. The topological polar surface area (TPSA) is 17.1 Å². The summed E-state index contributed by atoms with van der Waals surface area (Å²) in [5, 5.41) is 0. The van der Waals surface area contributed by atoms with E-state index in [2.05, 4.69) is 0 Å². The van der Waals surface area contributed by atoms with Gasteiger partial charge in [-0.3, -0.25) is 4.79 Å². The van der Waals surface area contributed by atoms with Crippen LogP contribution in [0.15, 0.2) is 54.6 Å². The zero-order chi connectivity index (χ0) is 10.7. The second kappa shape index (κ2) is 6.00. The van der Waals surface area contributed by atoms with E-state index in [1.54, 1.807) is 0 Å². The predicted molar refractivity (Wildman–Crippen MR) is 61.1 cm³/mol. The molecule has 0 fully saturated rings. The molecule has 0 heterocycles. The summed E-state index contributed by atoms with van der Waals surface area (Å²) in [7, 11) is 0. The van der Waals surface area contributed by atoms with Crippen molar-refractivity contribution in [2.45, 2.75) is 6.92 Å². The first kappa shape index (κ1) is 13.2. The van der Waals surface area contributed by atoms with Gasteiger partial charge in [0.25, 0.3) is 0 Å². The minimum absolute atomic E-state index is 0. The Labute approximate surface area is 118 Å². The van der Waals surface area contributed by atoms with Crippen LogP contribution in [-0.2, 0) is 0 Å². The number of ketones is 1. The monoisotopic (exact) mass is 219 g/mol. The van der Waals surface area contributed by atoms with Gasteiger partial charge in [0.1, 0.15) is 0 Å². The normalized spacial score (nSPS) is 9.31. The van der Waals surface area contributed by atoms with Crippen LogP contribution >= 0.6 is 0 Å². The van der Waals surface area contributed by atoms with E-state index in [0.717, 1.165) is 16.7 Å². The Hall–Kier alpha value is -0.890. The van der Waals surface area contributed by atoms with Crippen molar-refractivity contribution in [2.75, 3.05) is 0 Å². The Morgan fingerprint density at radius 3 is 2.06 bits per heavy atom. The number of rotatable bonds is 2. The summed E-state index contributed by atoms with van der Waals surface area (Å²) in [5.74, 6) is 0.0914. The van der Waals surface area contributed by atoms with Crippen molar-refractivity contribution in [3.63, 3.8) is 0 Å². The van der Waals surface area contributed by atoms with E-state index >= 15 is 0 Å². The number of benzene rings is 2. The van der Waals surface area contributed by atoms with Gasteiger partial charge in [-0.2, -0.15) is 0 Å². The third-order valence-corrected chi connectivity index (χ3v) is 2.43. The molecule has 0 saturated heterocycles. The van der Waals surface area contributed by atoms with Gasteiger partial charge in [0.05, 0.1) is 0 Å². The number of hydrogen-bond acceptors (Lipinski definition) is 1. The third kappa shape index (κ3) is 2.82. The van der Waals surface area contributed by atoms with E-state index in [0.29, 0.717) is 0 Å². The van der Waals surface area contributed by atoms with E-state index in [1.165, 1.54) is 0 Å². The van der Waals surface area contributed by atoms with Crippen molar-refractivity contribution in [3.05, 3.63) is 71.3 Å². The second-order valence-electron chi connectivity index (χ2n) is 3.51. The minimum Gasteiger partial charge on any atom is -0.289 e. The van der Waals surface area contributed by atoms with Gasteiger partial charge in [-0.05, 0) is 12.5 Å². The molecule has 0 aliphatic rings. The maximum atomic E-state index is 12.1. The molecule has 0 N–H and O–H groups in total. The summed E-state index contributed by atoms with van der Waals surface area (Å²) in [5.41, 5.74) is 2.54. The van der Waals surface area contributed by atoms with Crippen LogP contribution in [0.1, 0.15) is 21.5 Å². The first-order valence-electron chi connectivity index (χ1n) is 4.94. The molecule has 0 atom stereocenters. The largest absolute Gasteiger partial charge is 1.00 e. The molecule has 0 spiro atoms. The molecule has 2 rings (SSSR count). The van der Waals surface area contributed by atoms with Crippen LogP contribution in [0, 0.1) is 6.92 Å². The molecule has 0 bridgehead atoms. The van der Waals surface area contributed by atoms with Gasteiger partial charge in [-0.25, -0.2) is 0 Å². The van der Waals surface area contributed by atoms with Crippen LogP contribution in [0.2, 0.25) is 0 Å². The van der Waals surface area contributed by atoms with Gasteiger partial charge in [0.2, 0.25) is 0 Å². The number of carbonyl (C=O) groups excluding carboxylic acids is 1. The number of aryl methyl sites for hydroxylation is 1. The fourth-order valence-corrected chi connectivity index (χ4v) is 1.57. The Bertz CT molecular complexity index is 477. The van der Waals surface area contributed by atoms with Gasteiger partial charge in [0, 0.05) is 11.1 Å². The smallest absolute Gasteiger partial charge is 0.289 e. The molecule has 2 aromatic carbocycles. The van der Waals surface area contributed by atoms with Crippen LogP contribution in [0.5, 0.6) is 0 Å². The van der Waals surface area contributed by atoms with Crippen molar-refractivity contribution in [3.8, 4) is 0 Å². The van der Waals surface area contributed by atoms with Crippen molar-refractivity contribution in [2.24, 2.45) is 0 Å².